The number of ketones is 1. The van der Waals surface area contributed by atoms with Crippen molar-refractivity contribution in [2.45, 2.75) is 11.8 Å². The summed E-state index contributed by atoms with van der Waals surface area (Å²) in [7, 11) is 0. The van der Waals surface area contributed by atoms with E-state index in [2.05, 4.69) is 20.9 Å². The van der Waals surface area contributed by atoms with Crippen molar-refractivity contribution in [3.8, 4) is 0 Å². The van der Waals surface area contributed by atoms with Crippen LogP contribution in [0.25, 0.3) is 17.0 Å². The van der Waals surface area contributed by atoms with E-state index in [0.29, 0.717) is 22.5 Å². The number of benzene rings is 4. The lowest BCUT2D eigenvalue weighted by Crippen LogP contribution is -2.30. The fourth-order valence-electron chi connectivity index (χ4n) is 4.28. The van der Waals surface area contributed by atoms with Gasteiger partial charge in [0.25, 0.3) is 11.8 Å². The monoisotopic (exact) mass is 588 g/mol. The second kappa shape index (κ2) is 13.5. The topological polar surface area (TPSA) is 120 Å². The number of aromatic nitrogens is 1. The zero-order chi connectivity index (χ0) is 30.2. The van der Waals surface area contributed by atoms with Gasteiger partial charge >= 0.3 is 0 Å². The van der Waals surface area contributed by atoms with Gasteiger partial charge in [0.1, 0.15) is 5.70 Å². The fraction of sp³-hybridized carbons (Fsp3) is 0.0588. The molecule has 8 nitrogen and oxygen atoms in total. The van der Waals surface area contributed by atoms with Gasteiger partial charge in [-0.25, -0.2) is 0 Å². The molecule has 214 valence electrons. The summed E-state index contributed by atoms with van der Waals surface area (Å²) >= 11 is 1.35. The Kier molecular flexibility index (Phi) is 9.14. The summed E-state index contributed by atoms with van der Waals surface area (Å²) in [4.78, 5) is 54.2. The lowest BCUT2D eigenvalue weighted by molar-refractivity contribution is -0.114. The fourth-order valence-corrected chi connectivity index (χ4v) is 4.98. The number of rotatable bonds is 10. The molecule has 4 aromatic carbocycles. The minimum absolute atomic E-state index is 0.0356. The number of para-hydroxylation sites is 1. The summed E-state index contributed by atoms with van der Waals surface area (Å²) in [5.74, 6) is -0.916. The Morgan fingerprint density at radius 2 is 1.40 bits per heavy atom. The highest BCUT2D eigenvalue weighted by Crippen LogP contribution is 2.23. The van der Waals surface area contributed by atoms with Gasteiger partial charge in [0.15, 0.2) is 5.78 Å². The number of fused-ring (bicyclic) bond motifs is 1. The highest BCUT2D eigenvalue weighted by Gasteiger charge is 2.16. The first-order valence-electron chi connectivity index (χ1n) is 13.4. The van der Waals surface area contributed by atoms with Gasteiger partial charge in [-0.1, -0.05) is 36.4 Å². The molecule has 0 fully saturated rings. The molecule has 0 aliphatic heterocycles. The molecule has 0 unspecified atom stereocenters. The number of hydrogen-bond acceptors (Lipinski definition) is 5. The normalized spacial score (nSPS) is 11.1. The molecule has 0 saturated carbocycles. The Labute approximate surface area is 252 Å². The third-order valence-electron chi connectivity index (χ3n) is 6.51. The van der Waals surface area contributed by atoms with E-state index in [4.69, 9.17) is 0 Å². The van der Waals surface area contributed by atoms with Gasteiger partial charge in [-0.05, 0) is 79.7 Å². The van der Waals surface area contributed by atoms with Gasteiger partial charge in [-0.15, -0.1) is 11.8 Å². The van der Waals surface area contributed by atoms with Crippen molar-refractivity contribution in [2.24, 2.45) is 0 Å². The van der Waals surface area contributed by atoms with E-state index in [9.17, 15) is 19.2 Å². The Balaban J connectivity index is 1.24. The summed E-state index contributed by atoms with van der Waals surface area (Å²) in [6.07, 6.45) is 3.43. The van der Waals surface area contributed by atoms with Crippen LogP contribution >= 0.6 is 11.8 Å². The van der Waals surface area contributed by atoms with Crippen LogP contribution in [-0.4, -0.2) is 34.2 Å². The molecule has 43 heavy (non-hydrogen) atoms. The van der Waals surface area contributed by atoms with Gasteiger partial charge in [0.2, 0.25) is 5.91 Å². The van der Waals surface area contributed by atoms with Crippen LogP contribution in [0, 0.1) is 0 Å². The largest absolute Gasteiger partial charge is 0.361 e. The predicted octanol–water partition coefficient (Wildman–Crippen LogP) is 6.51. The number of carbonyl (C=O) groups excluding carboxylic acids is 4. The predicted molar refractivity (Wildman–Crippen MR) is 171 cm³/mol. The van der Waals surface area contributed by atoms with Gasteiger partial charge < -0.3 is 20.9 Å². The first-order valence-corrected chi connectivity index (χ1v) is 14.4. The first-order chi connectivity index (χ1) is 20.9. The Morgan fingerprint density at radius 3 is 2.12 bits per heavy atom. The third kappa shape index (κ3) is 7.66. The van der Waals surface area contributed by atoms with E-state index in [-0.39, 0.29) is 23.1 Å². The lowest BCUT2D eigenvalue weighted by atomic mass is 10.1. The highest BCUT2D eigenvalue weighted by molar-refractivity contribution is 8.00. The molecular formula is C34H28N4O4S. The zero-order valence-electron chi connectivity index (χ0n) is 23.2. The molecule has 5 aromatic rings. The number of H-pyrrole nitrogens is 1. The Morgan fingerprint density at radius 1 is 0.744 bits per heavy atom. The number of Topliss-reactive ketones (excluding diaryl/α,β-unsaturated/α-hetero) is 1. The van der Waals surface area contributed by atoms with Crippen LogP contribution in [0.3, 0.4) is 0 Å². The van der Waals surface area contributed by atoms with Crippen LogP contribution in [0.1, 0.15) is 33.2 Å². The van der Waals surface area contributed by atoms with E-state index in [1.165, 1.54) is 18.7 Å². The highest BCUT2D eigenvalue weighted by atomic mass is 32.2. The van der Waals surface area contributed by atoms with Gasteiger partial charge in [0.05, 0.1) is 5.75 Å². The number of carbonyl (C=O) groups is 4. The van der Waals surface area contributed by atoms with Crippen molar-refractivity contribution >= 4 is 63.6 Å². The van der Waals surface area contributed by atoms with Crippen molar-refractivity contribution in [3.05, 3.63) is 132 Å². The number of nitrogens with one attached hydrogen (secondary N) is 4. The van der Waals surface area contributed by atoms with E-state index < -0.39 is 11.8 Å². The van der Waals surface area contributed by atoms with Crippen LogP contribution in [0.15, 0.2) is 120 Å². The number of amides is 3. The second-order valence-corrected chi connectivity index (χ2v) is 10.7. The number of thioether (sulfide) groups is 1. The Hall–Kier alpha value is -5.41. The molecule has 0 saturated heterocycles. The minimum Gasteiger partial charge on any atom is -0.361 e. The van der Waals surface area contributed by atoms with Crippen LogP contribution in [0.2, 0.25) is 0 Å². The Bertz CT molecular complexity index is 1810. The van der Waals surface area contributed by atoms with Crippen LogP contribution in [0.4, 0.5) is 11.4 Å². The first kappa shape index (κ1) is 29.1. The van der Waals surface area contributed by atoms with Crippen LogP contribution in [-0.2, 0) is 9.59 Å². The summed E-state index contributed by atoms with van der Waals surface area (Å²) < 4.78 is 0. The number of anilines is 2. The van der Waals surface area contributed by atoms with Crippen molar-refractivity contribution in [3.63, 3.8) is 0 Å². The second-order valence-electron chi connectivity index (χ2n) is 9.62. The molecule has 0 bridgehead atoms. The molecule has 3 amide bonds. The molecule has 0 aliphatic rings. The van der Waals surface area contributed by atoms with Crippen molar-refractivity contribution in [1.82, 2.24) is 10.3 Å². The maximum Gasteiger partial charge on any atom is 0.272 e. The van der Waals surface area contributed by atoms with Crippen LogP contribution < -0.4 is 16.0 Å². The molecule has 0 aliphatic carbocycles. The zero-order valence-corrected chi connectivity index (χ0v) is 24.0. The average molecular weight is 589 g/mol. The average Bonchev–Trinajstić information content (AvgIpc) is 3.43. The standard InChI is InChI=1S/C34H28N4O4S/c1-22(39)23-11-13-26(14-12-23)36-32(40)21-43-28-17-15-27(16-18-28)37-34(42)31(38-33(41)24-7-3-2-4-8-24)19-25-20-35-30-10-6-5-9-29(25)30/h2-20,35H,21H2,1H3,(H,36,40)(H,37,42)(H,38,41). The summed E-state index contributed by atoms with van der Waals surface area (Å²) in [5, 5.41) is 9.34. The quantitative estimate of drug-likeness (QED) is 0.0842. The lowest BCUT2D eigenvalue weighted by Gasteiger charge is -2.12. The molecule has 0 spiro atoms. The third-order valence-corrected chi connectivity index (χ3v) is 7.52. The van der Waals surface area contributed by atoms with E-state index in [0.717, 1.165) is 21.4 Å². The maximum atomic E-state index is 13.4. The number of aromatic amines is 1. The molecular weight excluding hydrogens is 560 g/mol. The van der Waals surface area contributed by atoms with E-state index in [1.807, 2.05) is 30.3 Å². The summed E-state index contributed by atoms with van der Waals surface area (Å²) in [6, 6.07) is 30.2. The summed E-state index contributed by atoms with van der Waals surface area (Å²) in [5.41, 5.74) is 3.92. The van der Waals surface area contributed by atoms with Crippen molar-refractivity contribution < 1.29 is 19.2 Å². The van der Waals surface area contributed by atoms with Gasteiger partial charge in [0, 0.05) is 50.1 Å². The molecule has 1 heterocycles. The molecule has 9 heteroatoms. The molecule has 1 aromatic heterocycles. The van der Waals surface area contributed by atoms with E-state index in [1.54, 1.807) is 85.1 Å². The summed E-state index contributed by atoms with van der Waals surface area (Å²) in [6.45, 7) is 1.49. The molecule has 0 atom stereocenters. The SMILES string of the molecule is CC(=O)c1ccc(NC(=O)CSc2ccc(NC(=O)C(=Cc3c[nH]c4ccccc34)NC(=O)c3ccccc3)cc2)cc1. The van der Waals surface area contributed by atoms with Crippen molar-refractivity contribution in [2.75, 3.05) is 16.4 Å². The number of hydrogen-bond donors (Lipinski definition) is 4. The van der Waals surface area contributed by atoms with E-state index >= 15 is 0 Å². The molecule has 5 rings (SSSR count). The maximum absolute atomic E-state index is 13.4. The molecule has 0 radical (unpaired) electrons. The van der Waals surface area contributed by atoms with Gasteiger partial charge in [-0.3, -0.25) is 19.2 Å². The smallest absolute Gasteiger partial charge is 0.272 e. The van der Waals surface area contributed by atoms with Gasteiger partial charge in [-0.2, -0.15) is 0 Å². The van der Waals surface area contributed by atoms with Crippen molar-refractivity contribution in [1.29, 1.82) is 0 Å². The molecule has 4 N–H and O–H groups in total. The minimum atomic E-state index is -0.481. The van der Waals surface area contributed by atoms with Crippen LogP contribution in [0.5, 0.6) is 0 Å².